The van der Waals surface area contributed by atoms with Gasteiger partial charge in [-0.25, -0.2) is 0 Å². The van der Waals surface area contributed by atoms with E-state index in [1.165, 1.54) is 0 Å². The van der Waals surface area contributed by atoms with Crippen LogP contribution in [-0.2, 0) is 6.54 Å². The molecule has 0 aliphatic rings. The molecule has 4 heteroatoms. The molecule has 0 aliphatic heterocycles. The molecule has 0 saturated heterocycles. The minimum atomic E-state index is -0.0129. The van der Waals surface area contributed by atoms with Gasteiger partial charge in [0.25, 0.3) is 0 Å². The van der Waals surface area contributed by atoms with Gasteiger partial charge in [0.05, 0.1) is 18.1 Å². The molecule has 0 fully saturated rings. The minimum Gasteiger partial charge on any atom is -0.496 e. The van der Waals surface area contributed by atoms with Crippen molar-refractivity contribution in [3.8, 4) is 5.75 Å². The Labute approximate surface area is 99.0 Å². The summed E-state index contributed by atoms with van der Waals surface area (Å²) in [5.74, 6) is 1.26. The topological polar surface area (TPSA) is 65.5 Å². The zero-order valence-electron chi connectivity index (χ0n) is 10.2. The van der Waals surface area contributed by atoms with Crippen LogP contribution in [0.1, 0.15) is 16.9 Å². The summed E-state index contributed by atoms with van der Waals surface area (Å²) in [6, 6.07) is 3.46. The molecule has 4 nitrogen and oxygen atoms in total. The molecule has 0 bridgehead atoms. The number of nitrogens with two attached hydrogens (primary N) is 1. The van der Waals surface area contributed by atoms with Gasteiger partial charge >= 0.3 is 0 Å². The molecule has 0 aliphatic carbocycles. The summed E-state index contributed by atoms with van der Waals surface area (Å²) in [7, 11) is 1.57. The number of hydrogen-bond acceptors (Lipinski definition) is 4. The van der Waals surface area contributed by atoms with E-state index in [1.54, 1.807) is 33.1 Å². The smallest absolute Gasteiger partial charge is 0.195 e. The summed E-state index contributed by atoms with van der Waals surface area (Å²) in [6.07, 6.45) is 0. The number of rotatable bonds is 2. The lowest BCUT2D eigenvalue weighted by atomic mass is 10.1. The second-order valence-corrected chi connectivity index (χ2v) is 3.94. The number of fused-ring (bicyclic) bond motifs is 1. The third kappa shape index (κ3) is 1.70. The van der Waals surface area contributed by atoms with Crippen LogP contribution >= 0.6 is 0 Å². The number of methoxy groups -OCH3 is 1. The largest absolute Gasteiger partial charge is 0.496 e. The molecule has 0 atom stereocenters. The van der Waals surface area contributed by atoms with E-state index in [4.69, 9.17) is 14.9 Å². The van der Waals surface area contributed by atoms with Crippen molar-refractivity contribution in [1.82, 2.24) is 0 Å². The van der Waals surface area contributed by atoms with Gasteiger partial charge in [0.15, 0.2) is 5.43 Å². The van der Waals surface area contributed by atoms with E-state index in [0.717, 1.165) is 5.56 Å². The second-order valence-electron chi connectivity index (χ2n) is 3.94. The van der Waals surface area contributed by atoms with E-state index in [1.807, 2.05) is 0 Å². The summed E-state index contributed by atoms with van der Waals surface area (Å²) in [5.41, 5.74) is 7.56. The maximum absolute atomic E-state index is 12.1. The molecule has 0 saturated carbocycles. The van der Waals surface area contributed by atoms with Crippen molar-refractivity contribution in [3.63, 3.8) is 0 Å². The molecule has 0 radical (unpaired) electrons. The SMILES string of the molecule is COc1ccc2c(=O)c(C)c(C)oc2c1CN. The van der Waals surface area contributed by atoms with Crippen LogP contribution < -0.4 is 15.9 Å². The Kier molecular flexibility index (Phi) is 2.90. The highest BCUT2D eigenvalue weighted by atomic mass is 16.5. The molecule has 0 amide bonds. The Hall–Kier alpha value is -1.81. The Morgan fingerprint density at radius 1 is 1.35 bits per heavy atom. The first-order valence-electron chi connectivity index (χ1n) is 5.40. The third-order valence-electron chi connectivity index (χ3n) is 3.01. The van der Waals surface area contributed by atoms with Crippen molar-refractivity contribution in [2.45, 2.75) is 20.4 Å². The van der Waals surface area contributed by atoms with E-state index < -0.39 is 0 Å². The summed E-state index contributed by atoms with van der Waals surface area (Å²) >= 11 is 0. The summed E-state index contributed by atoms with van der Waals surface area (Å²) < 4.78 is 10.9. The van der Waals surface area contributed by atoms with Crippen LogP contribution in [0.3, 0.4) is 0 Å². The van der Waals surface area contributed by atoms with Crippen molar-refractivity contribution >= 4 is 11.0 Å². The Bertz CT molecular complexity index is 629. The molecule has 1 aromatic carbocycles. The maximum atomic E-state index is 12.1. The fourth-order valence-corrected chi connectivity index (χ4v) is 1.88. The lowest BCUT2D eigenvalue weighted by Gasteiger charge is -2.10. The third-order valence-corrected chi connectivity index (χ3v) is 3.01. The molecule has 2 N–H and O–H groups in total. The van der Waals surface area contributed by atoms with Crippen molar-refractivity contribution < 1.29 is 9.15 Å². The van der Waals surface area contributed by atoms with Gasteiger partial charge in [-0.1, -0.05) is 0 Å². The fraction of sp³-hybridized carbons (Fsp3) is 0.308. The van der Waals surface area contributed by atoms with Crippen molar-refractivity contribution in [2.24, 2.45) is 5.73 Å². The van der Waals surface area contributed by atoms with E-state index in [2.05, 4.69) is 0 Å². The normalized spacial score (nSPS) is 10.8. The standard InChI is InChI=1S/C13H15NO3/c1-7-8(2)17-13-9(12(7)15)4-5-11(16-3)10(13)6-14/h4-5H,6,14H2,1-3H3. The molecule has 90 valence electrons. The van der Waals surface area contributed by atoms with Crippen LogP contribution in [0.5, 0.6) is 5.75 Å². The Balaban J connectivity index is 2.96. The Morgan fingerprint density at radius 3 is 2.65 bits per heavy atom. The van der Waals surface area contributed by atoms with Gasteiger partial charge in [-0.3, -0.25) is 4.79 Å². The van der Waals surface area contributed by atoms with Crippen LogP contribution in [0.4, 0.5) is 0 Å². The van der Waals surface area contributed by atoms with Gasteiger partial charge < -0.3 is 14.9 Å². The van der Waals surface area contributed by atoms with Crippen LogP contribution in [0.2, 0.25) is 0 Å². The molecule has 0 spiro atoms. The van der Waals surface area contributed by atoms with Crippen molar-refractivity contribution in [2.75, 3.05) is 7.11 Å². The highest BCUT2D eigenvalue weighted by molar-refractivity contribution is 5.82. The van der Waals surface area contributed by atoms with E-state index in [9.17, 15) is 4.79 Å². The zero-order chi connectivity index (χ0) is 12.6. The first-order chi connectivity index (χ1) is 8.10. The molecule has 1 heterocycles. The maximum Gasteiger partial charge on any atom is 0.195 e. The average molecular weight is 233 g/mol. The monoisotopic (exact) mass is 233 g/mol. The average Bonchev–Trinajstić information content (AvgIpc) is 2.34. The lowest BCUT2D eigenvalue weighted by Crippen LogP contribution is -2.10. The molecular formula is C13H15NO3. The molecule has 0 unspecified atom stereocenters. The number of aryl methyl sites for hydroxylation is 1. The number of hydrogen-bond donors (Lipinski definition) is 1. The first-order valence-corrected chi connectivity index (χ1v) is 5.40. The van der Waals surface area contributed by atoms with E-state index in [0.29, 0.717) is 28.0 Å². The van der Waals surface area contributed by atoms with Gasteiger partial charge in [0.2, 0.25) is 0 Å². The highest BCUT2D eigenvalue weighted by Crippen LogP contribution is 2.27. The predicted octanol–water partition coefficient (Wildman–Crippen LogP) is 1.88. The number of benzene rings is 1. The van der Waals surface area contributed by atoms with Crippen LogP contribution in [0, 0.1) is 13.8 Å². The lowest BCUT2D eigenvalue weighted by molar-refractivity contribution is 0.408. The zero-order valence-corrected chi connectivity index (χ0v) is 10.2. The fourth-order valence-electron chi connectivity index (χ4n) is 1.88. The molecular weight excluding hydrogens is 218 g/mol. The first kappa shape index (κ1) is 11.7. The molecule has 1 aromatic heterocycles. The minimum absolute atomic E-state index is 0.0129. The van der Waals surface area contributed by atoms with Crippen LogP contribution in [0.25, 0.3) is 11.0 Å². The summed E-state index contributed by atoms with van der Waals surface area (Å²) in [6.45, 7) is 3.80. The van der Waals surface area contributed by atoms with Crippen molar-refractivity contribution in [1.29, 1.82) is 0 Å². The van der Waals surface area contributed by atoms with Crippen LogP contribution in [0.15, 0.2) is 21.3 Å². The van der Waals surface area contributed by atoms with Gasteiger partial charge in [-0.15, -0.1) is 0 Å². The van der Waals surface area contributed by atoms with Gasteiger partial charge in [0.1, 0.15) is 17.1 Å². The van der Waals surface area contributed by atoms with Crippen molar-refractivity contribution in [3.05, 3.63) is 39.2 Å². The number of ether oxygens (including phenoxy) is 1. The molecule has 2 rings (SSSR count). The Morgan fingerprint density at radius 2 is 2.06 bits per heavy atom. The summed E-state index contributed by atoms with van der Waals surface area (Å²) in [5, 5.41) is 0.550. The van der Waals surface area contributed by atoms with Gasteiger partial charge in [-0.05, 0) is 26.0 Å². The molecule has 17 heavy (non-hydrogen) atoms. The molecule has 2 aromatic rings. The van der Waals surface area contributed by atoms with Gasteiger partial charge in [-0.2, -0.15) is 0 Å². The highest BCUT2D eigenvalue weighted by Gasteiger charge is 2.14. The van der Waals surface area contributed by atoms with E-state index in [-0.39, 0.29) is 12.0 Å². The predicted molar refractivity (Wildman–Crippen MR) is 66.4 cm³/mol. The second kappa shape index (κ2) is 4.22. The summed E-state index contributed by atoms with van der Waals surface area (Å²) in [4.78, 5) is 12.1. The van der Waals surface area contributed by atoms with Crippen LogP contribution in [-0.4, -0.2) is 7.11 Å². The quantitative estimate of drug-likeness (QED) is 0.860. The van der Waals surface area contributed by atoms with E-state index >= 15 is 0 Å². The van der Waals surface area contributed by atoms with Gasteiger partial charge in [0, 0.05) is 12.1 Å².